The average molecular weight is 176 g/mol. The summed E-state index contributed by atoms with van der Waals surface area (Å²) in [5.41, 5.74) is 0.222. The number of carbonyl (C=O) groups excluding carboxylic acids is 1. The Morgan fingerprint density at radius 2 is 2.08 bits per heavy atom. The Labute approximate surface area is 79.5 Å². The standard InChI is InChI=1S/C12H16O/c1-3-12-7-5-4-6-11(12,2)8-10(13)9-12/h3-5H,1,6-9H2,2H3/t11-,12+/m0/s1. The molecule has 0 aromatic heterocycles. The smallest absolute Gasteiger partial charge is 0.134 e. The summed E-state index contributed by atoms with van der Waals surface area (Å²) in [5.74, 6) is 0.408. The zero-order chi connectivity index (χ0) is 9.53. The third kappa shape index (κ3) is 1.03. The van der Waals surface area contributed by atoms with Gasteiger partial charge in [0.05, 0.1) is 0 Å². The molecule has 2 rings (SSSR count). The molecule has 0 spiro atoms. The van der Waals surface area contributed by atoms with E-state index < -0.39 is 0 Å². The topological polar surface area (TPSA) is 17.1 Å². The number of rotatable bonds is 1. The number of hydrogen-bond donors (Lipinski definition) is 0. The van der Waals surface area contributed by atoms with Gasteiger partial charge in [-0.15, -0.1) is 6.58 Å². The minimum atomic E-state index is 0.0683. The highest BCUT2D eigenvalue weighted by molar-refractivity contribution is 5.83. The zero-order valence-corrected chi connectivity index (χ0v) is 8.18. The molecule has 2 aliphatic rings. The number of carbonyl (C=O) groups is 1. The van der Waals surface area contributed by atoms with Gasteiger partial charge in [-0.3, -0.25) is 4.79 Å². The van der Waals surface area contributed by atoms with Gasteiger partial charge in [-0.25, -0.2) is 0 Å². The molecular formula is C12H16O. The Hall–Kier alpha value is -0.850. The van der Waals surface area contributed by atoms with E-state index in [2.05, 4.69) is 25.7 Å². The van der Waals surface area contributed by atoms with Crippen molar-refractivity contribution in [3.05, 3.63) is 24.8 Å². The number of hydrogen-bond acceptors (Lipinski definition) is 1. The van der Waals surface area contributed by atoms with Crippen molar-refractivity contribution in [3.63, 3.8) is 0 Å². The predicted octanol–water partition coefficient (Wildman–Crippen LogP) is 2.88. The van der Waals surface area contributed by atoms with E-state index in [0.29, 0.717) is 12.2 Å². The van der Waals surface area contributed by atoms with Crippen molar-refractivity contribution < 1.29 is 4.79 Å². The zero-order valence-electron chi connectivity index (χ0n) is 8.18. The largest absolute Gasteiger partial charge is 0.300 e. The Kier molecular flexibility index (Phi) is 1.73. The highest BCUT2D eigenvalue weighted by atomic mass is 16.1. The van der Waals surface area contributed by atoms with Gasteiger partial charge in [-0.05, 0) is 18.3 Å². The molecule has 1 heteroatoms. The molecule has 70 valence electrons. The molecule has 13 heavy (non-hydrogen) atoms. The first-order valence-electron chi connectivity index (χ1n) is 4.92. The molecular weight excluding hydrogens is 160 g/mol. The van der Waals surface area contributed by atoms with Crippen molar-refractivity contribution in [2.45, 2.75) is 32.6 Å². The average Bonchev–Trinajstić information content (AvgIpc) is 2.35. The maximum atomic E-state index is 11.5. The maximum Gasteiger partial charge on any atom is 0.134 e. The Morgan fingerprint density at radius 1 is 1.38 bits per heavy atom. The molecule has 0 heterocycles. The number of allylic oxidation sites excluding steroid dienone is 3. The summed E-state index contributed by atoms with van der Waals surface area (Å²) < 4.78 is 0. The van der Waals surface area contributed by atoms with Crippen LogP contribution in [0.5, 0.6) is 0 Å². The highest BCUT2D eigenvalue weighted by Gasteiger charge is 2.53. The molecule has 0 bridgehead atoms. The molecule has 0 N–H and O–H groups in total. The molecule has 0 aromatic rings. The fraction of sp³-hybridized carbons (Fsp3) is 0.583. The quantitative estimate of drug-likeness (QED) is 0.561. The van der Waals surface area contributed by atoms with Crippen LogP contribution in [-0.4, -0.2) is 5.78 Å². The van der Waals surface area contributed by atoms with Crippen LogP contribution in [0, 0.1) is 10.8 Å². The molecule has 0 aromatic carbocycles. The fourth-order valence-corrected chi connectivity index (χ4v) is 2.87. The third-order valence-corrected chi connectivity index (χ3v) is 3.91. The number of ketones is 1. The van der Waals surface area contributed by atoms with Crippen LogP contribution in [0.15, 0.2) is 24.8 Å². The lowest BCUT2D eigenvalue weighted by Gasteiger charge is -2.42. The van der Waals surface area contributed by atoms with E-state index >= 15 is 0 Å². The summed E-state index contributed by atoms with van der Waals surface area (Å²) in [4.78, 5) is 11.5. The lowest BCUT2D eigenvalue weighted by molar-refractivity contribution is -0.118. The minimum absolute atomic E-state index is 0.0683. The second-order valence-electron chi connectivity index (χ2n) is 4.69. The Balaban J connectivity index is 2.44. The Bertz CT molecular complexity index is 289. The fourth-order valence-electron chi connectivity index (χ4n) is 2.87. The lowest BCUT2D eigenvalue weighted by Crippen LogP contribution is -2.34. The van der Waals surface area contributed by atoms with Crippen LogP contribution < -0.4 is 0 Å². The summed E-state index contributed by atoms with van der Waals surface area (Å²) >= 11 is 0. The summed E-state index contributed by atoms with van der Waals surface area (Å²) in [6, 6.07) is 0. The maximum absolute atomic E-state index is 11.5. The first kappa shape index (κ1) is 8.74. The van der Waals surface area contributed by atoms with Gasteiger partial charge in [-0.1, -0.05) is 25.2 Å². The minimum Gasteiger partial charge on any atom is -0.300 e. The van der Waals surface area contributed by atoms with Gasteiger partial charge in [-0.2, -0.15) is 0 Å². The molecule has 1 saturated carbocycles. The number of Topliss-reactive ketones (excluding diaryl/α,β-unsaturated/α-hetero) is 1. The number of fused-ring (bicyclic) bond motifs is 1. The monoisotopic (exact) mass is 176 g/mol. The van der Waals surface area contributed by atoms with Crippen LogP contribution in [0.4, 0.5) is 0 Å². The molecule has 0 radical (unpaired) electrons. The van der Waals surface area contributed by atoms with E-state index in [1.54, 1.807) is 0 Å². The molecule has 0 aliphatic heterocycles. The van der Waals surface area contributed by atoms with Crippen molar-refractivity contribution in [2.75, 3.05) is 0 Å². The van der Waals surface area contributed by atoms with E-state index in [1.807, 2.05) is 6.08 Å². The first-order valence-corrected chi connectivity index (χ1v) is 4.92. The van der Waals surface area contributed by atoms with Gasteiger partial charge in [0.1, 0.15) is 5.78 Å². The first-order chi connectivity index (χ1) is 6.12. The van der Waals surface area contributed by atoms with Crippen LogP contribution >= 0.6 is 0 Å². The van der Waals surface area contributed by atoms with E-state index in [1.165, 1.54) is 0 Å². The predicted molar refractivity (Wildman–Crippen MR) is 53.4 cm³/mol. The summed E-state index contributed by atoms with van der Waals surface area (Å²) in [5, 5.41) is 0. The van der Waals surface area contributed by atoms with Crippen LogP contribution in [0.3, 0.4) is 0 Å². The van der Waals surface area contributed by atoms with Gasteiger partial charge in [0.15, 0.2) is 0 Å². The van der Waals surface area contributed by atoms with Crippen molar-refractivity contribution in [1.29, 1.82) is 0 Å². The van der Waals surface area contributed by atoms with E-state index in [0.717, 1.165) is 19.3 Å². The van der Waals surface area contributed by atoms with E-state index in [4.69, 9.17) is 0 Å². The Morgan fingerprint density at radius 3 is 2.69 bits per heavy atom. The van der Waals surface area contributed by atoms with Gasteiger partial charge >= 0.3 is 0 Å². The van der Waals surface area contributed by atoms with E-state index in [-0.39, 0.29) is 10.8 Å². The molecule has 0 amide bonds. The SMILES string of the molecule is C=C[C@]12CC=CC[C@@]1(C)CC(=O)C2. The third-order valence-electron chi connectivity index (χ3n) is 3.91. The van der Waals surface area contributed by atoms with Crippen molar-refractivity contribution in [1.82, 2.24) is 0 Å². The van der Waals surface area contributed by atoms with Gasteiger partial charge in [0, 0.05) is 18.3 Å². The van der Waals surface area contributed by atoms with Gasteiger partial charge < -0.3 is 0 Å². The molecule has 0 unspecified atom stereocenters. The highest BCUT2D eigenvalue weighted by Crippen LogP contribution is 2.58. The van der Waals surface area contributed by atoms with Crippen LogP contribution in [0.25, 0.3) is 0 Å². The molecule has 1 fully saturated rings. The molecule has 2 aliphatic carbocycles. The molecule has 2 atom stereocenters. The summed E-state index contributed by atoms with van der Waals surface area (Å²) in [6.07, 6.45) is 9.90. The molecule has 1 nitrogen and oxygen atoms in total. The van der Waals surface area contributed by atoms with Gasteiger partial charge in [0.2, 0.25) is 0 Å². The van der Waals surface area contributed by atoms with Crippen molar-refractivity contribution in [2.24, 2.45) is 10.8 Å². The molecule has 0 saturated heterocycles. The van der Waals surface area contributed by atoms with Crippen LogP contribution in [0.1, 0.15) is 32.6 Å². The van der Waals surface area contributed by atoms with Gasteiger partial charge in [0.25, 0.3) is 0 Å². The summed E-state index contributed by atoms with van der Waals surface area (Å²) in [7, 11) is 0. The van der Waals surface area contributed by atoms with Crippen LogP contribution in [0.2, 0.25) is 0 Å². The van der Waals surface area contributed by atoms with Crippen molar-refractivity contribution in [3.8, 4) is 0 Å². The normalized spacial score (nSPS) is 43.3. The lowest BCUT2D eigenvalue weighted by atomic mass is 9.61. The second kappa shape index (κ2) is 2.57. The second-order valence-corrected chi connectivity index (χ2v) is 4.69. The van der Waals surface area contributed by atoms with Crippen LogP contribution in [-0.2, 0) is 4.79 Å². The van der Waals surface area contributed by atoms with Crippen molar-refractivity contribution >= 4 is 5.78 Å². The summed E-state index contributed by atoms with van der Waals surface area (Å²) in [6.45, 7) is 6.14. The van der Waals surface area contributed by atoms with E-state index in [9.17, 15) is 4.79 Å².